The summed E-state index contributed by atoms with van der Waals surface area (Å²) in [5.74, 6) is 0.512. The van der Waals surface area contributed by atoms with Crippen LogP contribution in [0.1, 0.15) is 30.1 Å². The van der Waals surface area contributed by atoms with Gasteiger partial charge in [0.15, 0.2) is 0 Å². The van der Waals surface area contributed by atoms with Gasteiger partial charge in [0.05, 0.1) is 31.2 Å². The van der Waals surface area contributed by atoms with Crippen molar-refractivity contribution in [3.8, 4) is 5.88 Å². The third-order valence-electron chi connectivity index (χ3n) is 3.88. The lowest BCUT2D eigenvalue weighted by molar-refractivity contribution is 0.247. The van der Waals surface area contributed by atoms with Crippen LogP contribution in [0.15, 0.2) is 24.5 Å². The standard InChI is InChI=1S/C15H19N5O2/c1-20-13-5-3-4-12(11(13)9-17-20)19-15(21)18-10-6-7-14(22-2)16-8-10/h6-9,12H,3-5H2,1-2H3,(H2,18,19,21)/t12-/m1/s1. The molecule has 2 aromatic rings. The molecule has 7 heteroatoms. The maximum Gasteiger partial charge on any atom is 0.319 e. The minimum Gasteiger partial charge on any atom is -0.481 e. The molecule has 2 N–H and O–H groups in total. The fourth-order valence-corrected chi connectivity index (χ4v) is 2.76. The number of aryl methyl sites for hydroxylation is 1. The number of methoxy groups -OCH3 is 1. The highest BCUT2D eigenvalue weighted by Crippen LogP contribution is 2.29. The highest BCUT2D eigenvalue weighted by Gasteiger charge is 2.24. The lowest BCUT2D eigenvalue weighted by Gasteiger charge is -2.23. The van der Waals surface area contributed by atoms with Crippen molar-refractivity contribution >= 4 is 11.7 Å². The Morgan fingerprint density at radius 2 is 2.27 bits per heavy atom. The van der Waals surface area contributed by atoms with E-state index < -0.39 is 0 Å². The van der Waals surface area contributed by atoms with Crippen LogP contribution in [0.25, 0.3) is 0 Å². The van der Waals surface area contributed by atoms with E-state index >= 15 is 0 Å². The van der Waals surface area contributed by atoms with Crippen LogP contribution < -0.4 is 15.4 Å². The second kappa shape index (κ2) is 6.05. The van der Waals surface area contributed by atoms with Crippen molar-refractivity contribution in [1.82, 2.24) is 20.1 Å². The molecule has 22 heavy (non-hydrogen) atoms. The van der Waals surface area contributed by atoms with Crippen molar-refractivity contribution in [2.24, 2.45) is 7.05 Å². The Bertz CT molecular complexity index is 665. The number of aromatic nitrogens is 3. The van der Waals surface area contributed by atoms with Gasteiger partial charge in [-0.1, -0.05) is 0 Å². The third-order valence-corrected chi connectivity index (χ3v) is 3.88. The number of hydrogen-bond acceptors (Lipinski definition) is 4. The minimum absolute atomic E-state index is 0.00339. The van der Waals surface area contributed by atoms with Crippen LogP contribution in [0.3, 0.4) is 0 Å². The van der Waals surface area contributed by atoms with Gasteiger partial charge >= 0.3 is 6.03 Å². The zero-order valence-corrected chi connectivity index (χ0v) is 12.7. The number of rotatable bonds is 3. The van der Waals surface area contributed by atoms with Crippen LogP contribution in [0, 0.1) is 0 Å². The van der Waals surface area contributed by atoms with Crippen LogP contribution in [-0.2, 0) is 13.5 Å². The molecule has 1 atom stereocenters. The molecule has 2 aromatic heterocycles. The van der Waals surface area contributed by atoms with Gasteiger partial charge < -0.3 is 15.4 Å². The van der Waals surface area contributed by atoms with Gasteiger partial charge in [0.25, 0.3) is 0 Å². The molecule has 0 fully saturated rings. The highest BCUT2D eigenvalue weighted by molar-refractivity contribution is 5.89. The Kier molecular flexibility index (Phi) is 3.95. The van der Waals surface area contributed by atoms with Crippen LogP contribution >= 0.6 is 0 Å². The van der Waals surface area contributed by atoms with E-state index in [-0.39, 0.29) is 12.1 Å². The molecule has 7 nitrogen and oxygen atoms in total. The normalized spacial score (nSPS) is 16.7. The van der Waals surface area contributed by atoms with E-state index in [1.807, 2.05) is 17.9 Å². The number of hydrogen-bond donors (Lipinski definition) is 2. The maximum absolute atomic E-state index is 12.1. The van der Waals surface area contributed by atoms with Crippen LogP contribution in [-0.4, -0.2) is 27.9 Å². The molecule has 0 bridgehead atoms. The first-order valence-electron chi connectivity index (χ1n) is 7.25. The van der Waals surface area contributed by atoms with Crippen molar-refractivity contribution < 1.29 is 9.53 Å². The van der Waals surface area contributed by atoms with E-state index in [0.717, 1.165) is 24.8 Å². The van der Waals surface area contributed by atoms with Gasteiger partial charge in [0.2, 0.25) is 5.88 Å². The number of nitrogens with zero attached hydrogens (tertiary/aromatic N) is 3. The fourth-order valence-electron chi connectivity index (χ4n) is 2.76. The van der Waals surface area contributed by atoms with Gasteiger partial charge in [-0.25, -0.2) is 9.78 Å². The fraction of sp³-hybridized carbons (Fsp3) is 0.400. The molecule has 2 amide bonds. The van der Waals surface area contributed by atoms with Crippen molar-refractivity contribution in [3.63, 3.8) is 0 Å². The molecule has 2 heterocycles. The topological polar surface area (TPSA) is 81.1 Å². The van der Waals surface area contributed by atoms with Crippen molar-refractivity contribution in [2.75, 3.05) is 12.4 Å². The Morgan fingerprint density at radius 1 is 1.41 bits per heavy atom. The first-order valence-corrected chi connectivity index (χ1v) is 7.25. The summed E-state index contributed by atoms with van der Waals surface area (Å²) in [5.41, 5.74) is 2.93. The molecule has 1 aliphatic carbocycles. The number of ether oxygens (including phenoxy) is 1. The molecule has 0 aliphatic heterocycles. The second-order valence-corrected chi connectivity index (χ2v) is 5.30. The number of urea groups is 1. The summed E-state index contributed by atoms with van der Waals surface area (Å²) in [4.78, 5) is 16.2. The summed E-state index contributed by atoms with van der Waals surface area (Å²) < 4.78 is 6.87. The van der Waals surface area contributed by atoms with Gasteiger partial charge in [-0.05, 0) is 25.3 Å². The zero-order valence-electron chi connectivity index (χ0n) is 12.7. The smallest absolute Gasteiger partial charge is 0.319 e. The van der Waals surface area contributed by atoms with E-state index in [0.29, 0.717) is 11.6 Å². The summed E-state index contributed by atoms with van der Waals surface area (Å²) in [6.45, 7) is 0. The predicted octanol–water partition coefficient (Wildman–Crippen LogP) is 2.02. The Morgan fingerprint density at radius 3 is 3.00 bits per heavy atom. The van der Waals surface area contributed by atoms with E-state index in [4.69, 9.17) is 4.74 Å². The molecule has 0 unspecified atom stereocenters. The molecule has 0 radical (unpaired) electrons. The molecule has 0 saturated heterocycles. The van der Waals surface area contributed by atoms with Crippen LogP contribution in [0.5, 0.6) is 5.88 Å². The van der Waals surface area contributed by atoms with Gasteiger partial charge in [0, 0.05) is 24.4 Å². The molecule has 0 spiro atoms. The summed E-state index contributed by atoms with van der Waals surface area (Å²) in [6.07, 6.45) is 6.38. The quantitative estimate of drug-likeness (QED) is 0.909. The maximum atomic E-state index is 12.1. The number of fused-ring (bicyclic) bond motifs is 1. The molecular weight excluding hydrogens is 282 g/mol. The van der Waals surface area contributed by atoms with E-state index in [1.54, 1.807) is 25.4 Å². The number of nitrogens with one attached hydrogen (secondary N) is 2. The molecule has 0 saturated carbocycles. The predicted molar refractivity (Wildman–Crippen MR) is 81.8 cm³/mol. The van der Waals surface area contributed by atoms with E-state index in [1.165, 1.54) is 5.69 Å². The van der Waals surface area contributed by atoms with Crippen LogP contribution in [0.4, 0.5) is 10.5 Å². The van der Waals surface area contributed by atoms with Crippen molar-refractivity contribution in [1.29, 1.82) is 0 Å². The average Bonchev–Trinajstić information content (AvgIpc) is 2.91. The average molecular weight is 301 g/mol. The molecular formula is C15H19N5O2. The summed E-state index contributed by atoms with van der Waals surface area (Å²) in [5, 5.41) is 10.1. The number of amides is 2. The first-order chi connectivity index (χ1) is 10.7. The molecule has 3 rings (SSSR count). The van der Waals surface area contributed by atoms with Gasteiger partial charge in [0.1, 0.15) is 0 Å². The molecule has 0 aromatic carbocycles. The van der Waals surface area contributed by atoms with Gasteiger partial charge in [-0.2, -0.15) is 5.10 Å². The SMILES string of the molecule is COc1ccc(NC(=O)N[C@@H]2CCCc3c2cnn3C)cn1. The Balaban J connectivity index is 1.64. The van der Waals surface area contributed by atoms with E-state index in [9.17, 15) is 4.79 Å². The summed E-state index contributed by atoms with van der Waals surface area (Å²) >= 11 is 0. The highest BCUT2D eigenvalue weighted by atomic mass is 16.5. The van der Waals surface area contributed by atoms with E-state index in [2.05, 4.69) is 20.7 Å². The second-order valence-electron chi connectivity index (χ2n) is 5.30. The number of pyridine rings is 1. The third kappa shape index (κ3) is 2.88. The monoisotopic (exact) mass is 301 g/mol. The Hall–Kier alpha value is -2.57. The van der Waals surface area contributed by atoms with Crippen molar-refractivity contribution in [3.05, 3.63) is 35.8 Å². The largest absolute Gasteiger partial charge is 0.481 e. The van der Waals surface area contributed by atoms with Gasteiger partial charge in [-0.15, -0.1) is 0 Å². The first kappa shape index (κ1) is 14.4. The summed E-state index contributed by atoms with van der Waals surface area (Å²) in [6, 6.07) is 3.22. The minimum atomic E-state index is -0.242. The lowest BCUT2D eigenvalue weighted by atomic mass is 9.93. The van der Waals surface area contributed by atoms with Crippen molar-refractivity contribution in [2.45, 2.75) is 25.3 Å². The summed E-state index contributed by atoms with van der Waals surface area (Å²) in [7, 11) is 3.49. The zero-order chi connectivity index (χ0) is 15.5. The number of anilines is 1. The molecule has 116 valence electrons. The Labute approximate surface area is 128 Å². The number of carbonyl (C=O) groups excluding carboxylic acids is 1. The molecule has 1 aliphatic rings. The lowest BCUT2D eigenvalue weighted by Crippen LogP contribution is -2.34. The number of carbonyl (C=O) groups is 1. The van der Waals surface area contributed by atoms with Gasteiger partial charge in [-0.3, -0.25) is 4.68 Å². The van der Waals surface area contributed by atoms with Crippen LogP contribution in [0.2, 0.25) is 0 Å².